The van der Waals surface area contributed by atoms with Gasteiger partial charge in [-0.3, -0.25) is 0 Å². The summed E-state index contributed by atoms with van der Waals surface area (Å²) in [7, 11) is 0. The first-order chi connectivity index (χ1) is 8.92. The highest BCUT2D eigenvalue weighted by atomic mass is 32.1. The van der Waals surface area contributed by atoms with Gasteiger partial charge in [0.1, 0.15) is 0 Å². The summed E-state index contributed by atoms with van der Waals surface area (Å²) in [5.41, 5.74) is 1.12. The first-order valence-electron chi connectivity index (χ1n) is 6.15. The lowest BCUT2D eigenvalue weighted by Crippen LogP contribution is -2.26. The minimum absolute atomic E-state index is 0.405. The molecule has 1 fully saturated rings. The van der Waals surface area contributed by atoms with Crippen molar-refractivity contribution in [3.8, 4) is 0 Å². The van der Waals surface area contributed by atoms with Crippen molar-refractivity contribution in [1.82, 2.24) is 20.3 Å². The molecule has 18 heavy (non-hydrogen) atoms. The summed E-state index contributed by atoms with van der Waals surface area (Å²) in [6.07, 6.45) is 7.15. The molecule has 0 saturated carbocycles. The van der Waals surface area contributed by atoms with E-state index in [0.29, 0.717) is 12.0 Å². The van der Waals surface area contributed by atoms with E-state index in [9.17, 15) is 0 Å². The highest BCUT2D eigenvalue weighted by Gasteiger charge is 2.17. The van der Waals surface area contributed by atoms with Crippen molar-refractivity contribution in [3.63, 3.8) is 0 Å². The molecule has 2 N–H and O–H groups in total. The molecule has 1 aliphatic rings. The average molecular weight is 261 g/mol. The zero-order chi connectivity index (χ0) is 12.2. The third-order valence-corrected chi connectivity index (χ3v) is 3.75. The number of piperidine rings is 1. The Labute approximate surface area is 110 Å². The molecular weight excluding hydrogens is 246 g/mol. The predicted molar refractivity (Wildman–Crippen MR) is 72.0 cm³/mol. The molecule has 0 aromatic carbocycles. The molecule has 94 valence electrons. The van der Waals surface area contributed by atoms with Crippen LogP contribution in [0.5, 0.6) is 0 Å². The van der Waals surface area contributed by atoms with Crippen LogP contribution in [0.3, 0.4) is 0 Å². The largest absolute Gasteiger partial charge is 0.309 e. The van der Waals surface area contributed by atoms with Gasteiger partial charge in [0, 0.05) is 17.8 Å². The number of hydrogen-bond donors (Lipinski definition) is 2. The van der Waals surface area contributed by atoms with Crippen molar-refractivity contribution in [3.05, 3.63) is 29.5 Å². The van der Waals surface area contributed by atoms with Gasteiger partial charge in [-0.25, -0.2) is 15.0 Å². The predicted octanol–water partition coefficient (Wildman–Crippen LogP) is 2.49. The van der Waals surface area contributed by atoms with Crippen molar-refractivity contribution >= 4 is 22.4 Å². The Hall–Kier alpha value is -1.53. The van der Waals surface area contributed by atoms with Gasteiger partial charge in [-0.15, -0.1) is 11.3 Å². The van der Waals surface area contributed by atoms with E-state index in [1.807, 2.05) is 0 Å². The summed E-state index contributed by atoms with van der Waals surface area (Å²) in [5.74, 6) is 0.593. The molecule has 0 amide bonds. The topological polar surface area (TPSA) is 62.7 Å². The van der Waals surface area contributed by atoms with Crippen molar-refractivity contribution in [2.75, 3.05) is 11.9 Å². The van der Waals surface area contributed by atoms with Crippen molar-refractivity contribution < 1.29 is 0 Å². The molecule has 1 saturated heterocycles. The number of hydrogen-bond acceptors (Lipinski definition) is 6. The maximum Gasteiger partial charge on any atom is 0.228 e. The second kappa shape index (κ2) is 5.41. The van der Waals surface area contributed by atoms with Gasteiger partial charge in [0.05, 0.1) is 11.7 Å². The molecule has 2 aromatic heterocycles. The number of nitrogens with zero attached hydrogens (tertiary/aromatic N) is 3. The van der Waals surface area contributed by atoms with Crippen LogP contribution in [0.25, 0.3) is 0 Å². The minimum Gasteiger partial charge on any atom is -0.309 e. The quantitative estimate of drug-likeness (QED) is 0.888. The van der Waals surface area contributed by atoms with E-state index in [0.717, 1.165) is 17.4 Å². The normalized spacial score (nSPS) is 19.7. The number of aromatic nitrogens is 3. The van der Waals surface area contributed by atoms with Crippen molar-refractivity contribution in [2.24, 2.45) is 0 Å². The van der Waals surface area contributed by atoms with Crippen molar-refractivity contribution in [2.45, 2.75) is 25.3 Å². The first kappa shape index (κ1) is 11.6. The van der Waals surface area contributed by atoms with E-state index in [2.05, 4.69) is 31.0 Å². The van der Waals surface area contributed by atoms with Crippen LogP contribution in [-0.2, 0) is 0 Å². The molecule has 1 aliphatic heterocycles. The molecule has 0 aliphatic carbocycles. The summed E-state index contributed by atoms with van der Waals surface area (Å²) in [5, 5.41) is 9.57. The summed E-state index contributed by atoms with van der Waals surface area (Å²) < 4.78 is 0. The van der Waals surface area contributed by atoms with Crippen LogP contribution in [0.2, 0.25) is 0 Å². The molecule has 0 unspecified atom stereocenters. The number of rotatable bonds is 3. The smallest absolute Gasteiger partial charge is 0.228 e. The van der Waals surface area contributed by atoms with Crippen molar-refractivity contribution in [1.29, 1.82) is 0 Å². The van der Waals surface area contributed by atoms with Gasteiger partial charge in [0.2, 0.25) is 5.95 Å². The molecule has 0 spiro atoms. The van der Waals surface area contributed by atoms with E-state index in [1.165, 1.54) is 19.3 Å². The van der Waals surface area contributed by atoms with E-state index < -0.39 is 0 Å². The standard InChI is InChI=1S/C12H15N5S/c1-2-5-13-9(4-1)10-8-18-12(16-10)17-11-14-6-3-7-15-11/h3,6-9,13H,1-2,4-5H2,(H,14,15,16,17)/t9-/m0/s1. The van der Waals surface area contributed by atoms with Gasteiger partial charge in [0.25, 0.3) is 0 Å². The van der Waals surface area contributed by atoms with Gasteiger partial charge in [-0.05, 0) is 25.5 Å². The van der Waals surface area contributed by atoms with Gasteiger partial charge in [-0.1, -0.05) is 6.42 Å². The lowest BCUT2D eigenvalue weighted by atomic mass is 10.0. The summed E-state index contributed by atoms with van der Waals surface area (Å²) in [4.78, 5) is 12.8. The Morgan fingerprint density at radius 1 is 1.28 bits per heavy atom. The van der Waals surface area contributed by atoms with Gasteiger partial charge < -0.3 is 10.6 Å². The zero-order valence-electron chi connectivity index (χ0n) is 9.97. The monoisotopic (exact) mass is 261 g/mol. The van der Waals surface area contributed by atoms with E-state index >= 15 is 0 Å². The van der Waals surface area contributed by atoms with Gasteiger partial charge in [-0.2, -0.15) is 0 Å². The molecule has 2 aromatic rings. The Balaban J connectivity index is 1.69. The van der Waals surface area contributed by atoms with Gasteiger partial charge >= 0.3 is 0 Å². The Bertz CT molecular complexity index is 492. The van der Waals surface area contributed by atoms with Crippen LogP contribution in [0.15, 0.2) is 23.8 Å². The van der Waals surface area contributed by atoms with Crippen LogP contribution >= 0.6 is 11.3 Å². The molecule has 0 radical (unpaired) electrons. The molecular formula is C12H15N5S. The molecule has 6 heteroatoms. The molecule has 1 atom stereocenters. The van der Waals surface area contributed by atoms with Crippen LogP contribution in [0.4, 0.5) is 11.1 Å². The zero-order valence-corrected chi connectivity index (χ0v) is 10.8. The third-order valence-electron chi connectivity index (χ3n) is 2.97. The summed E-state index contributed by atoms with van der Waals surface area (Å²) >= 11 is 1.60. The van der Waals surface area contributed by atoms with E-state index in [1.54, 1.807) is 29.8 Å². The second-order valence-electron chi connectivity index (χ2n) is 4.28. The fourth-order valence-electron chi connectivity index (χ4n) is 2.07. The van der Waals surface area contributed by atoms with E-state index in [4.69, 9.17) is 0 Å². The molecule has 5 nitrogen and oxygen atoms in total. The van der Waals surface area contributed by atoms with Gasteiger partial charge in [0.15, 0.2) is 5.13 Å². The molecule has 3 heterocycles. The maximum absolute atomic E-state index is 4.59. The summed E-state index contributed by atoms with van der Waals surface area (Å²) in [6.45, 7) is 1.09. The fourth-order valence-corrected chi connectivity index (χ4v) is 2.82. The maximum atomic E-state index is 4.59. The fraction of sp³-hybridized carbons (Fsp3) is 0.417. The highest BCUT2D eigenvalue weighted by Crippen LogP contribution is 2.27. The summed E-state index contributed by atoms with van der Waals surface area (Å²) in [6, 6.07) is 2.20. The van der Waals surface area contributed by atoms with E-state index in [-0.39, 0.29) is 0 Å². The SMILES string of the molecule is c1cnc(Nc2nc([C@@H]3CCCCN3)cs2)nc1. The lowest BCUT2D eigenvalue weighted by molar-refractivity contribution is 0.407. The van der Waals surface area contributed by atoms with Crippen LogP contribution < -0.4 is 10.6 Å². The minimum atomic E-state index is 0.405. The van der Waals surface area contributed by atoms with Crippen LogP contribution in [-0.4, -0.2) is 21.5 Å². The number of nitrogens with one attached hydrogen (secondary N) is 2. The Morgan fingerprint density at radius 2 is 2.17 bits per heavy atom. The first-order valence-corrected chi connectivity index (χ1v) is 7.02. The second-order valence-corrected chi connectivity index (χ2v) is 5.14. The number of thiazole rings is 1. The molecule has 3 rings (SSSR count). The Morgan fingerprint density at radius 3 is 2.94 bits per heavy atom. The third kappa shape index (κ3) is 2.65. The average Bonchev–Trinajstić information content (AvgIpc) is 2.89. The lowest BCUT2D eigenvalue weighted by Gasteiger charge is -2.21. The van der Waals surface area contributed by atoms with Crippen LogP contribution in [0, 0.1) is 0 Å². The molecule has 0 bridgehead atoms. The highest BCUT2D eigenvalue weighted by molar-refractivity contribution is 7.13. The Kier molecular flexibility index (Phi) is 3.47. The van der Waals surface area contributed by atoms with Crippen LogP contribution in [0.1, 0.15) is 31.0 Å². The number of anilines is 2.